The summed E-state index contributed by atoms with van der Waals surface area (Å²) in [5, 5.41) is 11.6. The lowest BCUT2D eigenvalue weighted by atomic mass is 10.1. The highest BCUT2D eigenvalue weighted by atomic mass is 32.2. The molecule has 1 unspecified atom stereocenters. The lowest BCUT2D eigenvalue weighted by molar-refractivity contribution is -0.137. The zero-order valence-electron chi connectivity index (χ0n) is 21.0. The number of rotatable bonds is 8. The molecule has 37 heavy (non-hydrogen) atoms. The van der Waals surface area contributed by atoms with Crippen molar-refractivity contribution in [3.8, 4) is 0 Å². The molecular weight excluding hydrogens is 500 g/mol. The molecule has 0 radical (unpaired) electrons. The minimum atomic E-state index is -4.05. The van der Waals surface area contributed by atoms with E-state index in [-0.39, 0.29) is 16.6 Å². The summed E-state index contributed by atoms with van der Waals surface area (Å²) in [4.78, 5) is 40.0. The highest BCUT2D eigenvalue weighted by Gasteiger charge is 2.27. The van der Waals surface area contributed by atoms with Gasteiger partial charge in [-0.2, -0.15) is 4.72 Å². The molecule has 11 nitrogen and oxygen atoms in total. The molecule has 1 fully saturated rings. The van der Waals surface area contributed by atoms with E-state index in [0.717, 1.165) is 5.69 Å². The quantitative estimate of drug-likeness (QED) is 0.439. The van der Waals surface area contributed by atoms with Crippen molar-refractivity contribution < 1.29 is 32.6 Å². The van der Waals surface area contributed by atoms with Crippen molar-refractivity contribution in [1.29, 1.82) is 0 Å². The SMILES string of the molecule is CC(C)(C)OC(=O)N1CCN(c2ccc(C(=O)NC(CC(=O)O)NS(=O)(=O)c3ccccc3)cc2)CC1. The molecule has 0 saturated carbocycles. The number of sulfonamides is 1. The van der Waals surface area contributed by atoms with Crippen molar-refractivity contribution >= 4 is 33.7 Å². The first-order valence-electron chi connectivity index (χ1n) is 11.8. The van der Waals surface area contributed by atoms with Gasteiger partial charge in [0, 0.05) is 37.4 Å². The Morgan fingerprint density at radius 3 is 2.11 bits per heavy atom. The van der Waals surface area contributed by atoms with Gasteiger partial charge in [-0.25, -0.2) is 13.2 Å². The minimum Gasteiger partial charge on any atom is -0.481 e. The van der Waals surface area contributed by atoms with Crippen LogP contribution in [-0.2, 0) is 19.6 Å². The Balaban J connectivity index is 1.61. The standard InChI is InChI=1S/C25H32N4O7S/c1-25(2,3)36-24(33)29-15-13-28(14-16-29)19-11-9-18(10-12-19)23(32)26-21(17-22(30)31)27-37(34,35)20-7-5-4-6-8-20/h4-12,21,27H,13-17H2,1-3H3,(H,26,32)(H,30,31). The average Bonchev–Trinajstić information content (AvgIpc) is 2.83. The van der Waals surface area contributed by atoms with Gasteiger partial charge in [0.1, 0.15) is 11.8 Å². The Bertz CT molecular complexity index is 1200. The van der Waals surface area contributed by atoms with E-state index in [1.165, 1.54) is 24.3 Å². The lowest BCUT2D eigenvalue weighted by Crippen LogP contribution is -2.50. The average molecular weight is 533 g/mol. The van der Waals surface area contributed by atoms with Crippen LogP contribution < -0.4 is 14.9 Å². The fraction of sp³-hybridized carbons (Fsp3) is 0.400. The van der Waals surface area contributed by atoms with Crippen LogP contribution in [0.2, 0.25) is 0 Å². The Morgan fingerprint density at radius 2 is 1.57 bits per heavy atom. The number of carbonyl (C=O) groups excluding carboxylic acids is 2. The van der Waals surface area contributed by atoms with Gasteiger partial charge >= 0.3 is 12.1 Å². The molecule has 3 N–H and O–H groups in total. The van der Waals surface area contributed by atoms with E-state index in [2.05, 4.69) is 14.9 Å². The van der Waals surface area contributed by atoms with Gasteiger partial charge in [0.2, 0.25) is 10.0 Å². The van der Waals surface area contributed by atoms with Gasteiger partial charge in [-0.3, -0.25) is 9.59 Å². The maximum Gasteiger partial charge on any atom is 0.410 e. The van der Waals surface area contributed by atoms with Crippen LogP contribution >= 0.6 is 0 Å². The van der Waals surface area contributed by atoms with Crippen LogP contribution in [0.3, 0.4) is 0 Å². The minimum absolute atomic E-state index is 0.0456. The zero-order valence-corrected chi connectivity index (χ0v) is 21.8. The van der Waals surface area contributed by atoms with Gasteiger partial charge < -0.3 is 25.0 Å². The molecule has 2 aromatic carbocycles. The topological polar surface area (TPSA) is 145 Å². The highest BCUT2D eigenvalue weighted by molar-refractivity contribution is 7.89. The predicted octanol–water partition coefficient (Wildman–Crippen LogP) is 2.25. The van der Waals surface area contributed by atoms with Crippen LogP contribution in [0.5, 0.6) is 0 Å². The molecular formula is C25H32N4O7S. The van der Waals surface area contributed by atoms with Crippen LogP contribution in [0, 0.1) is 0 Å². The number of benzene rings is 2. The zero-order chi connectivity index (χ0) is 27.2. The van der Waals surface area contributed by atoms with Crippen LogP contribution in [0.25, 0.3) is 0 Å². The normalized spacial score (nSPS) is 15.1. The molecule has 200 valence electrons. The fourth-order valence-corrected chi connectivity index (χ4v) is 4.86. The number of carbonyl (C=O) groups is 3. The Hall–Kier alpha value is -3.64. The third kappa shape index (κ3) is 8.19. The van der Waals surface area contributed by atoms with Crippen LogP contribution in [0.1, 0.15) is 37.6 Å². The van der Waals surface area contributed by atoms with E-state index < -0.39 is 40.1 Å². The van der Waals surface area contributed by atoms with Gasteiger partial charge in [-0.1, -0.05) is 18.2 Å². The smallest absolute Gasteiger partial charge is 0.410 e. The van der Waals surface area contributed by atoms with E-state index in [4.69, 9.17) is 4.74 Å². The van der Waals surface area contributed by atoms with Gasteiger partial charge in [0.05, 0.1) is 11.3 Å². The monoisotopic (exact) mass is 532 g/mol. The first-order chi connectivity index (χ1) is 17.3. The summed E-state index contributed by atoms with van der Waals surface area (Å²) in [5.41, 5.74) is 0.535. The Labute approximate surface area is 216 Å². The first kappa shape index (κ1) is 27.9. The van der Waals surface area contributed by atoms with Gasteiger partial charge in [0.25, 0.3) is 5.91 Å². The molecule has 2 amide bonds. The third-order valence-corrected chi connectivity index (χ3v) is 6.95. The number of hydrogen-bond donors (Lipinski definition) is 3. The van der Waals surface area contributed by atoms with Crippen molar-refractivity contribution in [3.63, 3.8) is 0 Å². The van der Waals surface area contributed by atoms with Crippen molar-refractivity contribution in [2.24, 2.45) is 0 Å². The van der Waals surface area contributed by atoms with E-state index in [9.17, 15) is 27.9 Å². The van der Waals surface area contributed by atoms with Crippen molar-refractivity contribution in [2.75, 3.05) is 31.1 Å². The number of aliphatic carboxylic acids is 1. The van der Waals surface area contributed by atoms with Crippen LogP contribution in [0.15, 0.2) is 59.5 Å². The first-order valence-corrected chi connectivity index (χ1v) is 13.3. The fourth-order valence-electron chi connectivity index (χ4n) is 3.69. The molecule has 1 saturated heterocycles. The number of anilines is 1. The van der Waals surface area contributed by atoms with Gasteiger partial charge in [0.15, 0.2) is 0 Å². The molecule has 0 aromatic heterocycles. The van der Waals surface area contributed by atoms with Crippen molar-refractivity contribution in [1.82, 2.24) is 14.9 Å². The maximum absolute atomic E-state index is 12.8. The summed E-state index contributed by atoms with van der Waals surface area (Å²) in [6, 6.07) is 14.1. The van der Waals surface area contributed by atoms with Crippen LogP contribution in [-0.4, -0.2) is 74.3 Å². The van der Waals surface area contributed by atoms with Crippen molar-refractivity contribution in [3.05, 3.63) is 60.2 Å². The molecule has 0 spiro atoms. The largest absolute Gasteiger partial charge is 0.481 e. The molecule has 1 aliphatic rings. The maximum atomic E-state index is 12.8. The number of ether oxygens (including phenoxy) is 1. The van der Waals surface area contributed by atoms with E-state index in [1.54, 1.807) is 35.2 Å². The summed E-state index contributed by atoms with van der Waals surface area (Å²) in [6.45, 7) is 7.63. The Kier molecular flexibility index (Phi) is 8.77. The second-order valence-corrected chi connectivity index (χ2v) is 11.3. The van der Waals surface area contributed by atoms with Crippen LogP contribution in [0.4, 0.5) is 10.5 Å². The van der Waals surface area contributed by atoms with E-state index in [1.807, 2.05) is 20.8 Å². The van der Waals surface area contributed by atoms with E-state index in [0.29, 0.717) is 26.2 Å². The number of carboxylic acids is 1. The second-order valence-electron chi connectivity index (χ2n) is 9.56. The molecule has 0 aliphatic carbocycles. The summed E-state index contributed by atoms with van der Waals surface area (Å²) in [5.74, 6) is -1.90. The van der Waals surface area contributed by atoms with E-state index >= 15 is 0 Å². The summed E-state index contributed by atoms with van der Waals surface area (Å²) in [6.07, 6.45) is -2.34. The number of amides is 2. The number of carboxylic acid groups (broad SMARTS) is 1. The summed E-state index contributed by atoms with van der Waals surface area (Å²) < 4.78 is 32.9. The molecule has 2 aromatic rings. The molecule has 1 atom stereocenters. The molecule has 1 aliphatic heterocycles. The third-order valence-electron chi connectivity index (χ3n) is 5.46. The number of nitrogens with zero attached hydrogens (tertiary/aromatic N) is 2. The van der Waals surface area contributed by atoms with Gasteiger partial charge in [-0.05, 0) is 57.2 Å². The number of nitrogens with one attached hydrogen (secondary N) is 2. The second kappa shape index (κ2) is 11.6. The van der Waals surface area contributed by atoms with Crippen molar-refractivity contribution in [2.45, 2.75) is 43.9 Å². The predicted molar refractivity (Wildman–Crippen MR) is 137 cm³/mol. The lowest BCUT2D eigenvalue weighted by Gasteiger charge is -2.36. The van der Waals surface area contributed by atoms with Gasteiger partial charge in [-0.15, -0.1) is 0 Å². The molecule has 0 bridgehead atoms. The summed E-state index contributed by atoms with van der Waals surface area (Å²) >= 11 is 0. The number of piperazine rings is 1. The highest BCUT2D eigenvalue weighted by Crippen LogP contribution is 2.19. The summed E-state index contributed by atoms with van der Waals surface area (Å²) in [7, 11) is -4.05. The molecule has 1 heterocycles. The Morgan fingerprint density at radius 1 is 0.973 bits per heavy atom. The number of hydrogen-bond acceptors (Lipinski definition) is 7. The molecule has 12 heteroatoms. The molecule has 3 rings (SSSR count).